The Morgan fingerprint density at radius 1 is 1.06 bits per heavy atom. The van der Waals surface area contributed by atoms with Crippen molar-refractivity contribution in [1.29, 1.82) is 0 Å². The molecule has 0 radical (unpaired) electrons. The Morgan fingerprint density at radius 2 is 1.76 bits per heavy atom. The van der Waals surface area contributed by atoms with E-state index in [-0.39, 0.29) is 24.4 Å². The van der Waals surface area contributed by atoms with Crippen LogP contribution in [-0.2, 0) is 20.6 Å². The first kappa shape index (κ1) is 24.0. The lowest BCUT2D eigenvalue weighted by Gasteiger charge is -2.44. The summed E-state index contributed by atoms with van der Waals surface area (Å²) in [6, 6.07) is 9.90. The fourth-order valence-electron chi connectivity index (χ4n) is 3.94. The number of phenols is 1. The van der Waals surface area contributed by atoms with Gasteiger partial charge in [0.05, 0.1) is 29.5 Å². The second kappa shape index (κ2) is 8.60. The highest BCUT2D eigenvalue weighted by molar-refractivity contribution is 5.90. The zero-order valence-corrected chi connectivity index (χ0v) is 20.2. The monoisotopic (exact) mass is 469 g/mol. The highest BCUT2D eigenvalue weighted by Crippen LogP contribution is 2.29. The van der Waals surface area contributed by atoms with E-state index in [4.69, 9.17) is 18.6 Å². The van der Waals surface area contributed by atoms with Crippen molar-refractivity contribution in [2.45, 2.75) is 64.4 Å². The lowest BCUT2D eigenvalue weighted by atomic mass is 9.91. The second-order valence-electron chi connectivity index (χ2n) is 10.3. The number of carbonyl (C=O) groups is 1. The first-order chi connectivity index (χ1) is 15.8. The van der Waals surface area contributed by atoms with E-state index < -0.39 is 23.0 Å². The van der Waals surface area contributed by atoms with Crippen molar-refractivity contribution in [3.63, 3.8) is 0 Å². The molecule has 0 bridgehead atoms. The van der Waals surface area contributed by atoms with Gasteiger partial charge in [0.25, 0.3) is 0 Å². The van der Waals surface area contributed by atoms with Crippen LogP contribution in [0.1, 0.15) is 46.6 Å². The van der Waals surface area contributed by atoms with Crippen molar-refractivity contribution >= 4 is 28.0 Å². The van der Waals surface area contributed by atoms with Gasteiger partial charge in [-0.25, -0.2) is 4.79 Å². The number of amides is 1. The summed E-state index contributed by atoms with van der Waals surface area (Å²) in [5.74, 6) is -0.703. The van der Waals surface area contributed by atoms with Gasteiger partial charge in [0.15, 0.2) is 5.79 Å². The standard InChI is InChI=1S/C26H31NO7/c1-24(2,3)34-23(30)27-26(14-31-25(4,5)32-15-26)11-10-16-6-9-20-19(12-16)22(29)18-8-7-17(28)13-21(18)33-20/h6-9,12-13,28H,10-11,14-15H2,1-5H3,(H,27,30). The molecular formula is C26H31NO7. The Labute approximate surface area is 197 Å². The molecule has 0 aliphatic carbocycles. The summed E-state index contributed by atoms with van der Waals surface area (Å²) >= 11 is 0. The summed E-state index contributed by atoms with van der Waals surface area (Å²) in [6.07, 6.45) is 0.542. The van der Waals surface area contributed by atoms with Gasteiger partial charge in [-0.15, -0.1) is 0 Å². The van der Waals surface area contributed by atoms with Gasteiger partial charge in [-0.2, -0.15) is 0 Å². The Kier molecular flexibility index (Phi) is 6.08. The Balaban J connectivity index is 1.59. The molecule has 2 aromatic carbocycles. The number of aryl methyl sites for hydroxylation is 1. The van der Waals surface area contributed by atoms with Crippen LogP contribution in [0.25, 0.3) is 21.9 Å². The molecule has 8 nitrogen and oxygen atoms in total. The summed E-state index contributed by atoms with van der Waals surface area (Å²) in [5.41, 5.74) is 0.119. The number of nitrogens with one attached hydrogen (secondary N) is 1. The van der Waals surface area contributed by atoms with Crippen molar-refractivity contribution in [2.24, 2.45) is 0 Å². The van der Waals surface area contributed by atoms with Crippen LogP contribution in [-0.4, -0.2) is 41.3 Å². The maximum atomic E-state index is 13.0. The van der Waals surface area contributed by atoms with Crippen LogP contribution in [0.4, 0.5) is 4.79 Å². The number of rotatable bonds is 4. The number of alkyl carbamates (subject to hydrolysis) is 1. The normalized spacial score (nSPS) is 17.6. The fourth-order valence-corrected chi connectivity index (χ4v) is 3.94. The van der Waals surface area contributed by atoms with E-state index >= 15 is 0 Å². The molecule has 1 aromatic heterocycles. The number of hydrogen-bond acceptors (Lipinski definition) is 7. The quantitative estimate of drug-likeness (QED) is 0.537. The zero-order chi connectivity index (χ0) is 24.7. The largest absolute Gasteiger partial charge is 0.508 e. The summed E-state index contributed by atoms with van der Waals surface area (Å²) in [7, 11) is 0. The Bertz CT molecular complexity index is 1280. The van der Waals surface area contributed by atoms with Gasteiger partial charge in [-0.05, 0) is 77.3 Å². The van der Waals surface area contributed by atoms with E-state index in [2.05, 4.69) is 5.32 Å². The van der Waals surface area contributed by atoms with Crippen LogP contribution in [0.2, 0.25) is 0 Å². The van der Waals surface area contributed by atoms with E-state index in [1.165, 1.54) is 12.1 Å². The first-order valence-corrected chi connectivity index (χ1v) is 11.3. The number of aromatic hydroxyl groups is 1. The van der Waals surface area contributed by atoms with Crippen molar-refractivity contribution in [3.8, 4) is 5.75 Å². The van der Waals surface area contributed by atoms with Crippen LogP contribution >= 0.6 is 0 Å². The Morgan fingerprint density at radius 3 is 2.44 bits per heavy atom. The fraction of sp³-hybridized carbons (Fsp3) is 0.462. The molecule has 2 heterocycles. The summed E-state index contributed by atoms with van der Waals surface area (Å²) in [6.45, 7) is 9.62. The van der Waals surface area contributed by atoms with Gasteiger partial charge in [0.2, 0.25) is 5.43 Å². The lowest BCUT2D eigenvalue weighted by molar-refractivity contribution is -0.271. The molecule has 1 fully saturated rings. The number of fused-ring (bicyclic) bond motifs is 2. The van der Waals surface area contributed by atoms with Gasteiger partial charge in [0, 0.05) is 6.07 Å². The molecule has 8 heteroatoms. The minimum atomic E-state index is -0.779. The first-order valence-electron chi connectivity index (χ1n) is 11.3. The maximum Gasteiger partial charge on any atom is 0.408 e. The summed E-state index contributed by atoms with van der Waals surface area (Å²) < 4.78 is 23.0. The van der Waals surface area contributed by atoms with Crippen LogP contribution in [0.3, 0.4) is 0 Å². The minimum absolute atomic E-state index is 0.0366. The molecule has 182 valence electrons. The van der Waals surface area contributed by atoms with Crippen LogP contribution in [0.5, 0.6) is 5.75 Å². The van der Waals surface area contributed by atoms with Gasteiger partial charge >= 0.3 is 6.09 Å². The van der Waals surface area contributed by atoms with Crippen LogP contribution in [0.15, 0.2) is 45.6 Å². The number of ether oxygens (including phenoxy) is 3. The average Bonchev–Trinajstić information content (AvgIpc) is 2.73. The molecule has 2 N–H and O–H groups in total. The number of carbonyl (C=O) groups excluding carboxylic acids is 1. The predicted octanol–water partition coefficient (Wildman–Crippen LogP) is 4.63. The number of benzene rings is 2. The third kappa shape index (κ3) is 5.34. The number of hydrogen-bond donors (Lipinski definition) is 2. The molecule has 1 aliphatic rings. The average molecular weight is 470 g/mol. The van der Waals surface area contributed by atoms with E-state index in [0.717, 1.165) is 5.56 Å². The Hall–Kier alpha value is -3.10. The van der Waals surface area contributed by atoms with Crippen molar-refractivity contribution in [2.75, 3.05) is 13.2 Å². The summed E-state index contributed by atoms with van der Waals surface area (Å²) in [5, 5.41) is 13.5. The third-order valence-corrected chi connectivity index (χ3v) is 5.77. The van der Waals surface area contributed by atoms with Gasteiger partial charge in [0.1, 0.15) is 22.5 Å². The molecular weight excluding hydrogens is 438 g/mol. The molecule has 34 heavy (non-hydrogen) atoms. The van der Waals surface area contributed by atoms with Crippen molar-refractivity contribution in [3.05, 3.63) is 52.2 Å². The molecule has 1 saturated heterocycles. The molecule has 1 amide bonds. The highest BCUT2D eigenvalue weighted by atomic mass is 16.7. The molecule has 0 saturated carbocycles. The smallest absolute Gasteiger partial charge is 0.408 e. The van der Waals surface area contributed by atoms with Gasteiger partial charge in [-0.3, -0.25) is 4.79 Å². The zero-order valence-electron chi connectivity index (χ0n) is 20.2. The van der Waals surface area contributed by atoms with Crippen LogP contribution in [0, 0.1) is 0 Å². The number of phenolic OH excluding ortho intramolecular Hbond substituents is 1. The summed E-state index contributed by atoms with van der Waals surface area (Å²) in [4.78, 5) is 25.6. The van der Waals surface area contributed by atoms with Gasteiger partial charge in [-0.1, -0.05) is 6.07 Å². The molecule has 0 unspecified atom stereocenters. The van der Waals surface area contributed by atoms with E-state index in [1.807, 2.05) is 46.8 Å². The lowest BCUT2D eigenvalue weighted by Crippen LogP contribution is -2.61. The molecule has 3 aromatic rings. The predicted molar refractivity (Wildman–Crippen MR) is 128 cm³/mol. The third-order valence-electron chi connectivity index (χ3n) is 5.77. The van der Waals surface area contributed by atoms with E-state index in [9.17, 15) is 14.7 Å². The molecule has 1 aliphatic heterocycles. The molecule has 0 spiro atoms. The minimum Gasteiger partial charge on any atom is -0.508 e. The van der Waals surface area contributed by atoms with E-state index in [0.29, 0.717) is 34.8 Å². The highest BCUT2D eigenvalue weighted by Gasteiger charge is 2.42. The van der Waals surface area contributed by atoms with Crippen molar-refractivity contribution in [1.82, 2.24) is 5.32 Å². The van der Waals surface area contributed by atoms with E-state index in [1.54, 1.807) is 12.1 Å². The van der Waals surface area contributed by atoms with Crippen molar-refractivity contribution < 1.29 is 28.5 Å². The topological polar surface area (TPSA) is 107 Å². The van der Waals surface area contributed by atoms with Gasteiger partial charge < -0.3 is 29.1 Å². The maximum absolute atomic E-state index is 13.0. The van der Waals surface area contributed by atoms with Crippen LogP contribution < -0.4 is 10.7 Å². The second-order valence-corrected chi connectivity index (χ2v) is 10.3. The SMILES string of the molecule is CC(C)(C)OC(=O)NC1(CCc2ccc3oc4cc(O)ccc4c(=O)c3c2)COC(C)(C)OC1. The molecule has 0 atom stereocenters. The molecule has 4 rings (SSSR count).